The van der Waals surface area contributed by atoms with Gasteiger partial charge in [0.15, 0.2) is 39.7 Å². The van der Waals surface area contributed by atoms with E-state index in [0.717, 1.165) is 19.2 Å². The molecule has 0 saturated heterocycles. The molecular weight excluding hydrogens is 400 g/mol. The molecule has 2 aromatic rings. The van der Waals surface area contributed by atoms with Crippen LogP contribution in [-0.2, 0) is 10.0 Å². The monoisotopic (exact) mass is 409 g/mol. The molecule has 144 valence electrons. The molecule has 0 aromatic heterocycles. The van der Waals surface area contributed by atoms with E-state index in [1.807, 2.05) is 5.92 Å². The molecule has 0 spiro atoms. The van der Waals surface area contributed by atoms with Crippen molar-refractivity contribution < 1.29 is 39.5 Å². The van der Waals surface area contributed by atoms with Crippen LogP contribution in [0.25, 0.3) is 0 Å². The van der Waals surface area contributed by atoms with Gasteiger partial charge >= 0.3 is 0 Å². The molecule has 11 heteroatoms. The number of ether oxygens (including phenoxy) is 1. The summed E-state index contributed by atoms with van der Waals surface area (Å²) in [5.41, 5.74) is -0.518. The van der Waals surface area contributed by atoms with Crippen LogP contribution in [0.2, 0.25) is 0 Å². The van der Waals surface area contributed by atoms with Gasteiger partial charge in [0.25, 0.3) is 10.0 Å². The van der Waals surface area contributed by atoms with E-state index in [4.69, 9.17) is 6.42 Å². The van der Waals surface area contributed by atoms with Crippen molar-refractivity contribution in [1.82, 2.24) is 0 Å². The summed E-state index contributed by atoms with van der Waals surface area (Å²) < 4.78 is 112. The number of nitrogens with zero attached hydrogens (tertiary/aromatic N) is 1. The Morgan fingerprint density at radius 1 is 1.00 bits per heavy atom. The fourth-order valence-electron chi connectivity index (χ4n) is 2.13. The number of hydrogen-bond donors (Lipinski definition) is 0. The highest BCUT2D eigenvalue weighted by Gasteiger charge is 2.37. The van der Waals surface area contributed by atoms with Gasteiger partial charge in [0, 0.05) is 6.07 Å². The molecular formula is C16H9F6NO3S. The van der Waals surface area contributed by atoms with Crippen LogP contribution < -0.4 is 9.04 Å². The van der Waals surface area contributed by atoms with Gasteiger partial charge in [0.1, 0.15) is 0 Å². The third-order valence-electron chi connectivity index (χ3n) is 3.38. The summed E-state index contributed by atoms with van der Waals surface area (Å²) in [6.45, 7) is -0.881. The Labute approximate surface area is 150 Å². The highest BCUT2D eigenvalue weighted by atomic mass is 32.2. The summed E-state index contributed by atoms with van der Waals surface area (Å²) in [5.74, 6) is -12.0. The lowest BCUT2D eigenvalue weighted by Gasteiger charge is -2.23. The second-order valence-corrected chi connectivity index (χ2v) is 6.73. The van der Waals surface area contributed by atoms with Gasteiger partial charge in [-0.05, 0) is 12.1 Å². The Balaban J connectivity index is 2.76. The molecule has 0 bridgehead atoms. The molecule has 0 heterocycles. The standard InChI is InChI=1S/C16H9F6NO3S/c1-3-6-23(8-4-5-10(26-2)9(17)7-8)27(24,25)16-14(21)12(19)11(18)13(20)15(16)22/h1,4-5,7H,6H2,2H3. The van der Waals surface area contributed by atoms with Crippen molar-refractivity contribution in [1.29, 1.82) is 0 Å². The van der Waals surface area contributed by atoms with E-state index in [1.165, 1.54) is 0 Å². The molecule has 4 nitrogen and oxygen atoms in total. The second kappa shape index (κ2) is 7.40. The number of hydrogen-bond acceptors (Lipinski definition) is 3. The van der Waals surface area contributed by atoms with Gasteiger partial charge in [-0.3, -0.25) is 4.31 Å². The fraction of sp³-hybridized carbons (Fsp3) is 0.125. The van der Waals surface area contributed by atoms with E-state index in [2.05, 4.69) is 4.74 Å². The normalized spacial score (nSPS) is 11.2. The molecule has 2 aromatic carbocycles. The van der Waals surface area contributed by atoms with Crippen LogP contribution in [0.15, 0.2) is 23.1 Å². The van der Waals surface area contributed by atoms with Gasteiger partial charge in [-0.2, -0.15) is 0 Å². The van der Waals surface area contributed by atoms with E-state index >= 15 is 0 Å². The first-order chi connectivity index (χ1) is 12.6. The summed E-state index contributed by atoms with van der Waals surface area (Å²) in [5, 5.41) is 0. The van der Waals surface area contributed by atoms with Gasteiger partial charge in [0.2, 0.25) is 5.82 Å². The van der Waals surface area contributed by atoms with Crippen LogP contribution in [0.1, 0.15) is 0 Å². The topological polar surface area (TPSA) is 46.6 Å². The van der Waals surface area contributed by atoms with Crippen molar-refractivity contribution in [3.05, 3.63) is 53.1 Å². The molecule has 0 atom stereocenters. The quantitative estimate of drug-likeness (QED) is 0.329. The van der Waals surface area contributed by atoms with Crippen molar-refractivity contribution in [3.8, 4) is 18.1 Å². The predicted octanol–water partition coefficient (Wildman–Crippen LogP) is 3.36. The molecule has 0 N–H and O–H groups in total. The van der Waals surface area contributed by atoms with E-state index in [9.17, 15) is 34.8 Å². The Hall–Kier alpha value is -2.87. The van der Waals surface area contributed by atoms with Gasteiger partial charge in [-0.1, -0.05) is 5.92 Å². The van der Waals surface area contributed by atoms with Gasteiger partial charge < -0.3 is 4.74 Å². The first-order valence-corrected chi connectivity index (χ1v) is 8.33. The maximum Gasteiger partial charge on any atom is 0.271 e. The fourth-order valence-corrected chi connectivity index (χ4v) is 3.62. The minimum Gasteiger partial charge on any atom is -0.494 e. The largest absolute Gasteiger partial charge is 0.494 e. The molecule has 0 aliphatic heterocycles. The van der Waals surface area contributed by atoms with Gasteiger partial charge in [0.05, 0.1) is 19.3 Å². The highest BCUT2D eigenvalue weighted by molar-refractivity contribution is 7.92. The van der Waals surface area contributed by atoms with Crippen LogP contribution in [-0.4, -0.2) is 22.1 Å². The Morgan fingerprint density at radius 2 is 1.52 bits per heavy atom. The number of benzene rings is 2. The predicted molar refractivity (Wildman–Crippen MR) is 82.5 cm³/mol. The number of methoxy groups -OCH3 is 1. The number of rotatable bonds is 5. The molecule has 0 aliphatic rings. The summed E-state index contributed by atoms with van der Waals surface area (Å²) in [6, 6.07) is 2.57. The van der Waals surface area contributed by atoms with Crippen molar-refractivity contribution in [2.24, 2.45) is 0 Å². The van der Waals surface area contributed by atoms with E-state index in [0.29, 0.717) is 6.07 Å². The minimum atomic E-state index is -5.39. The van der Waals surface area contributed by atoms with Crippen molar-refractivity contribution in [3.63, 3.8) is 0 Å². The van der Waals surface area contributed by atoms with Gasteiger partial charge in [-0.25, -0.2) is 34.8 Å². The SMILES string of the molecule is C#CCN(c1ccc(OC)c(F)c1)S(=O)(=O)c1c(F)c(F)c(F)c(F)c1F. The molecule has 0 fully saturated rings. The highest BCUT2D eigenvalue weighted by Crippen LogP contribution is 2.32. The lowest BCUT2D eigenvalue weighted by molar-refractivity contribution is 0.357. The Morgan fingerprint density at radius 3 is 1.96 bits per heavy atom. The summed E-state index contributed by atoms with van der Waals surface area (Å²) >= 11 is 0. The van der Waals surface area contributed by atoms with Crippen molar-refractivity contribution >= 4 is 15.7 Å². The summed E-state index contributed by atoms with van der Waals surface area (Å²) in [7, 11) is -4.26. The lowest BCUT2D eigenvalue weighted by Crippen LogP contribution is -2.33. The number of halogens is 6. The Kier molecular flexibility index (Phi) is 5.60. The zero-order chi connectivity index (χ0) is 20.5. The number of sulfonamides is 1. The number of anilines is 1. The smallest absolute Gasteiger partial charge is 0.271 e. The van der Waals surface area contributed by atoms with Crippen molar-refractivity contribution in [2.45, 2.75) is 4.90 Å². The molecule has 0 saturated carbocycles. The summed E-state index contributed by atoms with van der Waals surface area (Å²) in [6.07, 6.45) is 5.03. The first-order valence-electron chi connectivity index (χ1n) is 6.89. The van der Waals surface area contributed by atoms with Crippen LogP contribution in [0.4, 0.5) is 32.0 Å². The van der Waals surface area contributed by atoms with Crippen LogP contribution >= 0.6 is 0 Å². The van der Waals surface area contributed by atoms with E-state index < -0.39 is 62.1 Å². The molecule has 0 unspecified atom stereocenters. The van der Waals surface area contributed by atoms with Crippen LogP contribution in [0.5, 0.6) is 5.75 Å². The van der Waals surface area contributed by atoms with Crippen molar-refractivity contribution in [2.75, 3.05) is 18.0 Å². The zero-order valence-corrected chi connectivity index (χ0v) is 14.2. The third-order valence-corrected chi connectivity index (χ3v) is 5.17. The minimum absolute atomic E-state index is 0.119. The average Bonchev–Trinajstić information content (AvgIpc) is 2.62. The average molecular weight is 409 g/mol. The maximum absolute atomic E-state index is 13.9. The Bertz CT molecular complexity index is 1020. The molecule has 27 heavy (non-hydrogen) atoms. The third kappa shape index (κ3) is 3.40. The van der Waals surface area contributed by atoms with E-state index in [1.54, 1.807) is 0 Å². The molecule has 0 amide bonds. The van der Waals surface area contributed by atoms with Crippen LogP contribution in [0, 0.1) is 47.2 Å². The zero-order valence-electron chi connectivity index (χ0n) is 13.4. The maximum atomic E-state index is 13.9. The van der Waals surface area contributed by atoms with E-state index in [-0.39, 0.29) is 10.1 Å². The molecule has 0 aliphatic carbocycles. The van der Waals surface area contributed by atoms with Crippen LogP contribution in [0.3, 0.4) is 0 Å². The number of terminal acetylenes is 1. The first kappa shape index (κ1) is 20.4. The molecule has 0 radical (unpaired) electrons. The summed E-state index contributed by atoms with van der Waals surface area (Å²) in [4.78, 5) is -2.11. The van der Waals surface area contributed by atoms with Gasteiger partial charge in [-0.15, -0.1) is 6.42 Å². The lowest BCUT2D eigenvalue weighted by atomic mass is 10.3. The second-order valence-electron chi connectivity index (χ2n) is 4.93. The molecule has 2 rings (SSSR count).